The summed E-state index contributed by atoms with van der Waals surface area (Å²) in [6.07, 6.45) is 0. The van der Waals surface area contributed by atoms with Crippen LogP contribution >= 0.6 is 9.07 Å². The summed E-state index contributed by atoms with van der Waals surface area (Å²) in [5.41, 5.74) is 1.37. The second-order valence-corrected chi connectivity index (χ2v) is 3.94. The van der Waals surface area contributed by atoms with E-state index in [2.05, 4.69) is 24.3 Å². The molecule has 0 fully saturated rings. The molecule has 0 atom stereocenters. The molecule has 0 aliphatic carbocycles. The summed E-state index contributed by atoms with van der Waals surface area (Å²) < 4.78 is 1.11. The summed E-state index contributed by atoms with van der Waals surface area (Å²) in [4.78, 5) is 0. The molecule has 0 saturated carbocycles. The van der Waals surface area contributed by atoms with Crippen LogP contribution in [0, 0.1) is 0 Å². The molecular weight excluding hydrogens is 196 g/mol. The number of halogens is 1. The number of hydrogen-bond donors (Lipinski definition) is 0. The van der Waals surface area contributed by atoms with Gasteiger partial charge in [0.05, 0.1) is 0 Å². The first kappa shape index (κ1) is 10.8. The van der Waals surface area contributed by atoms with Crippen molar-refractivity contribution >= 4 is 28.3 Å². The van der Waals surface area contributed by atoms with Crippen molar-refractivity contribution < 1.29 is 17.4 Å². The zero-order valence-corrected chi connectivity index (χ0v) is 9.03. The third-order valence-corrected chi connectivity index (χ3v) is 2.56. The van der Waals surface area contributed by atoms with E-state index in [0.29, 0.717) is 0 Å². The largest absolute Gasteiger partial charge is 0.505 e. The molecule has 0 amide bonds. The van der Waals surface area contributed by atoms with Crippen LogP contribution in [-0.2, 0) is 21.9 Å². The van der Waals surface area contributed by atoms with Crippen LogP contribution in [0.2, 0.25) is 0 Å². The number of benzene rings is 1. The molecule has 10 heavy (non-hydrogen) atoms. The van der Waals surface area contributed by atoms with Gasteiger partial charge in [-0.05, 0) is 0 Å². The quantitative estimate of drug-likeness (QED) is 0.645. The van der Waals surface area contributed by atoms with Gasteiger partial charge in [-0.15, -0.1) is 0 Å². The van der Waals surface area contributed by atoms with Gasteiger partial charge < -0.3 is 9.07 Å². The first-order chi connectivity index (χ1) is 4.43. The molecule has 0 heterocycles. The van der Waals surface area contributed by atoms with Crippen molar-refractivity contribution in [3.8, 4) is 0 Å². The molecule has 1 aromatic carbocycles. The van der Waals surface area contributed by atoms with Crippen molar-refractivity contribution in [2.24, 2.45) is 0 Å². The summed E-state index contributed by atoms with van der Waals surface area (Å²) in [6.45, 7) is 0. The Morgan fingerprint density at radius 3 is 2.30 bits per heavy atom. The Morgan fingerprint density at radius 2 is 1.80 bits per heavy atom. The second kappa shape index (κ2) is 6.51. The van der Waals surface area contributed by atoms with Crippen molar-refractivity contribution in [2.75, 3.05) is 0 Å². The Bertz CT molecular complexity index is 167. The molecule has 0 saturated heterocycles. The summed E-state index contributed by atoms with van der Waals surface area (Å²) in [6, 6.07) is 10.4. The minimum atomic E-state index is -0.312. The average Bonchev–Trinajstić information content (AvgIpc) is 1.91. The van der Waals surface area contributed by atoms with Gasteiger partial charge in [0.2, 0.25) is 0 Å². The zero-order valence-electron chi connectivity index (χ0n) is 5.59. The molecule has 0 radical (unpaired) electrons. The molecule has 0 aromatic heterocycles. The van der Waals surface area contributed by atoms with Gasteiger partial charge >= 0.3 is 19.3 Å². The Kier molecular flexibility index (Phi) is 7.04. The predicted molar refractivity (Wildman–Crippen MR) is 41.8 cm³/mol. The molecule has 3 heteroatoms. The van der Waals surface area contributed by atoms with E-state index in [1.807, 2.05) is 6.07 Å². The van der Waals surface area contributed by atoms with Gasteiger partial charge in [-0.2, -0.15) is 0 Å². The SMILES string of the molecule is [Cl][Mg][CH2]c1ccccc1.[Cr]. The minimum Gasteiger partial charge on any atom is -0.345 e. The Hall–Kier alpha value is 0.809. The van der Waals surface area contributed by atoms with Crippen LogP contribution < -0.4 is 0 Å². The fourth-order valence-electron chi connectivity index (χ4n) is 0.754. The van der Waals surface area contributed by atoms with E-state index in [1.165, 1.54) is 5.56 Å². The van der Waals surface area contributed by atoms with Crippen LogP contribution in [0.5, 0.6) is 0 Å². The van der Waals surface area contributed by atoms with E-state index in [1.54, 1.807) is 0 Å². The fraction of sp³-hybridized carbons (Fsp3) is 0.143. The second-order valence-electron chi connectivity index (χ2n) is 1.92. The maximum atomic E-state index is 5.67. The van der Waals surface area contributed by atoms with E-state index in [-0.39, 0.29) is 36.6 Å². The predicted octanol–water partition coefficient (Wildman–Crippen LogP) is 2.04. The van der Waals surface area contributed by atoms with E-state index in [9.17, 15) is 0 Å². The van der Waals surface area contributed by atoms with Crippen LogP contribution in [0.15, 0.2) is 30.3 Å². The first-order valence-electron chi connectivity index (χ1n) is 3.03. The molecule has 0 aliphatic rings. The summed E-state index contributed by atoms with van der Waals surface area (Å²) in [5.74, 6) is 0. The number of rotatable bonds is 2. The molecule has 0 nitrogen and oxygen atoms in total. The third-order valence-electron chi connectivity index (χ3n) is 1.23. The van der Waals surface area contributed by atoms with Crippen LogP contribution in [0.3, 0.4) is 0 Å². The summed E-state index contributed by atoms with van der Waals surface area (Å²) in [7, 11) is 5.67. The van der Waals surface area contributed by atoms with Crippen molar-refractivity contribution in [2.45, 2.75) is 4.55 Å². The van der Waals surface area contributed by atoms with Crippen molar-refractivity contribution in [3.05, 3.63) is 35.9 Å². The molecule has 0 bridgehead atoms. The average molecular weight is 203 g/mol. The van der Waals surface area contributed by atoms with Crippen molar-refractivity contribution in [1.82, 2.24) is 0 Å². The maximum Gasteiger partial charge on any atom is 0.505 e. The van der Waals surface area contributed by atoms with Crippen LogP contribution in [0.1, 0.15) is 5.56 Å². The normalized spacial score (nSPS) is 7.70. The molecule has 0 unspecified atom stereocenters. The minimum absolute atomic E-state index is 0. The smallest absolute Gasteiger partial charge is 0.345 e. The maximum absolute atomic E-state index is 5.67. The molecule has 1 aromatic rings. The molecular formula is C7H7ClCrMg. The Labute approximate surface area is 85.6 Å². The molecule has 0 aliphatic heterocycles. The van der Waals surface area contributed by atoms with Gasteiger partial charge in [0, 0.05) is 17.4 Å². The molecule has 0 spiro atoms. The van der Waals surface area contributed by atoms with Gasteiger partial charge in [0.15, 0.2) is 0 Å². The standard InChI is InChI=1S/C7H7.ClH.Cr.Mg/c1-7-5-3-2-4-6-7;;;/h2-6H,1H2;1H;;/q;;;+1/p-1. The van der Waals surface area contributed by atoms with E-state index in [4.69, 9.17) is 9.07 Å². The topological polar surface area (TPSA) is 0 Å². The number of hydrogen-bond acceptors (Lipinski definition) is 0. The Morgan fingerprint density at radius 1 is 1.20 bits per heavy atom. The Balaban J connectivity index is 0.000000810. The third kappa shape index (κ3) is 3.85. The molecule has 0 N–H and O–H groups in total. The van der Waals surface area contributed by atoms with Gasteiger partial charge in [-0.1, -0.05) is 40.4 Å². The first-order valence-corrected chi connectivity index (χ1v) is 6.17. The van der Waals surface area contributed by atoms with Crippen molar-refractivity contribution in [1.29, 1.82) is 0 Å². The van der Waals surface area contributed by atoms with Gasteiger partial charge in [0.1, 0.15) is 0 Å². The summed E-state index contributed by atoms with van der Waals surface area (Å²) in [5, 5.41) is 0. The summed E-state index contributed by atoms with van der Waals surface area (Å²) >= 11 is -0.312. The van der Waals surface area contributed by atoms with E-state index in [0.717, 1.165) is 4.55 Å². The fourth-order valence-corrected chi connectivity index (χ4v) is 1.96. The van der Waals surface area contributed by atoms with Crippen LogP contribution in [0.4, 0.5) is 0 Å². The molecule has 50 valence electrons. The van der Waals surface area contributed by atoms with Gasteiger partial charge in [-0.25, -0.2) is 0 Å². The zero-order chi connectivity index (χ0) is 6.53. The van der Waals surface area contributed by atoms with Crippen molar-refractivity contribution in [3.63, 3.8) is 0 Å². The van der Waals surface area contributed by atoms with Crippen LogP contribution in [0.25, 0.3) is 0 Å². The van der Waals surface area contributed by atoms with Gasteiger partial charge in [-0.3, -0.25) is 0 Å². The van der Waals surface area contributed by atoms with Gasteiger partial charge in [0.25, 0.3) is 0 Å². The van der Waals surface area contributed by atoms with Crippen LogP contribution in [-0.4, -0.2) is 19.3 Å². The van der Waals surface area contributed by atoms with E-state index >= 15 is 0 Å². The van der Waals surface area contributed by atoms with E-state index < -0.39 is 0 Å². The molecule has 1 rings (SSSR count). The monoisotopic (exact) mass is 202 g/mol.